The van der Waals surface area contributed by atoms with Gasteiger partial charge in [0.05, 0.1) is 0 Å². The van der Waals surface area contributed by atoms with E-state index in [0.717, 1.165) is 55.6 Å². The molecule has 0 saturated carbocycles. The van der Waals surface area contributed by atoms with E-state index in [4.69, 9.17) is 0 Å². The summed E-state index contributed by atoms with van der Waals surface area (Å²) in [6, 6.07) is 0. The van der Waals surface area contributed by atoms with Gasteiger partial charge in [0, 0.05) is 50.4 Å². The van der Waals surface area contributed by atoms with Gasteiger partial charge in [0.1, 0.15) is 0 Å². The Bertz CT molecular complexity index is 537. The fourth-order valence-corrected chi connectivity index (χ4v) is 3.98. The summed E-state index contributed by atoms with van der Waals surface area (Å²) in [6.45, 7) is 10.5. The number of aromatic amines is 1. The van der Waals surface area contributed by atoms with Crippen LogP contribution < -0.4 is 10.6 Å². The summed E-state index contributed by atoms with van der Waals surface area (Å²) >= 11 is 0. The number of hydrogen-bond acceptors (Lipinski definition) is 4. The quantitative estimate of drug-likeness (QED) is 0.701. The maximum atomic E-state index is 12.3. The van der Waals surface area contributed by atoms with Gasteiger partial charge in [-0.25, -0.2) is 0 Å². The molecule has 136 valence electrons. The van der Waals surface area contributed by atoms with Crippen LogP contribution in [0.2, 0.25) is 0 Å². The summed E-state index contributed by atoms with van der Waals surface area (Å²) in [6.07, 6.45) is 3.25. The molecular weight excluding hydrogens is 326 g/mol. The summed E-state index contributed by atoms with van der Waals surface area (Å²) in [4.78, 5) is 14.8. The lowest BCUT2D eigenvalue weighted by Crippen LogP contribution is -2.40. The van der Waals surface area contributed by atoms with Crippen molar-refractivity contribution in [3.05, 3.63) is 17.0 Å². The number of carbonyl (C=O) groups is 1. The van der Waals surface area contributed by atoms with Gasteiger partial charge >= 0.3 is 0 Å². The zero-order chi connectivity index (χ0) is 16.2. The molecule has 0 aromatic carbocycles. The molecular formula is C17H30ClN5O. The van der Waals surface area contributed by atoms with Crippen LogP contribution in [0.3, 0.4) is 0 Å². The molecule has 2 atom stereocenters. The number of nitrogens with one attached hydrogen (secondary N) is 3. The van der Waals surface area contributed by atoms with Gasteiger partial charge in [-0.05, 0) is 31.2 Å². The lowest BCUT2D eigenvalue weighted by Gasteiger charge is -2.34. The van der Waals surface area contributed by atoms with Crippen molar-refractivity contribution in [3.8, 4) is 0 Å². The van der Waals surface area contributed by atoms with Gasteiger partial charge in [-0.3, -0.25) is 9.89 Å². The predicted octanol–water partition coefficient (Wildman–Crippen LogP) is 1.58. The Morgan fingerprint density at radius 2 is 2.08 bits per heavy atom. The number of likely N-dealkylation sites (tertiary alicyclic amines) is 1. The third kappa shape index (κ3) is 4.71. The second-order valence-electron chi connectivity index (χ2n) is 7.27. The zero-order valence-corrected chi connectivity index (χ0v) is 15.5. The molecule has 7 heteroatoms. The topological polar surface area (TPSA) is 73.0 Å². The second-order valence-corrected chi connectivity index (χ2v) is 7.27. The van der Waals surface area contributed by atoms with Crippen LogP contribution in [0, 0.1) is 11.8 Å². The first-order valence-corrected chi connectivity index (χ1v) is 8.91. The van der Waals surface area contributed by atoms with E-state index in [-0.39, 0.29) is 18.3 Å². The Balaban J connectivity index is 0.00000208. The van der Waals surface area contributed by atoms with E-state index in [1.165, 1.54) is 19.5 Å². The summed E-state index contributed by atoms with van der Waals surface area (Å²) in [7, 11) is 0. The number of aromatic nitrogens is 2. The van der Waals surface area contributed by atoms with Crippen molar-refractivity contribution in [1.29, 1.82) is 0 Å². The standard InChI is InChI=1S/C17H29N5O.ClH/c1-12-8-13(2)11-22(10-12)7-3-5-19-17(23)16-14-9-18-6-4-15(14)20-21-16;/h12-13,18H,3-11H2,1-2H3,(H,19,23)(H,20,21);1H. The van der Waals surface area contributed by atoms with Crippen molar-refractivity contribution in [1.82, 2.24) is 25.7 Å². The highest BCUT2D eigenvalue weighted by molar-refractivity contribution is 5.94. The highest BCUT2D eigenvalue weighted by atomic mass is 35.5. The highest BCUT2D eigenvalue weighted by Crippen LogP contribution is 2.20. The first-order valence-electron chi connectivity index (χ1n) is 8.91. The monoisotopic (exact) mass is 355 g/mol. The Kier molecular flexibility index (Phi) is 7.07. The van der Waals surface area contributed by atoms with Crippen LogP contribution in [0.15, 0.2) is 0 Å². The Morgan fingerprint density at radius 3 is 2.83 bits per heavy atom. The van der Waals surface area contributed by atoms with Crippen molar-refractivity contribution in [2.45, 2.75) is 39.7 Å². The fraction of sp³-hybridized carbons (Fsp3) is 0.765. The first kappa shape index (κ1) is 19.2. The molecule has 2 unspecified atom stereocenters. The number of H-pyrrole nitrogens is 1. The van der Waals surface area contributed by atoms with E-state index in [2.05, 4.69) is 39.6 Å². The molecule has 1 saturated heterocycles. The number of hydrogen-bond donors (Lipinski definition) is 3. The molecule has 1 aromatic heterocycles. The van der Waals surface area contributed by atoms with E-state index < -0.39 is 0 Å². The molecule has 0 bridgehead atoms. The fourth-order valence-electron chi connectivity index (χ4n) is 3.98. The van der Waals surface area contributed by atoms with Gasteiger partial charge < -0.3 is 15.5 Å². The van der Waals surface area contributed by atoms with E-state index in [1.807, 2.05) is 0 Å². The largest absolute Gasteiger partial charge is 0.351 e. The number of fused-ring (bicyclic) bond motifs is 1. The number of nitrogens with zero attached hydrogens (tertiary/aromatic N) is 2. The molecule has 6 nitrogen and oxygen atoms in total. The summed E-state index contributed by atoms with van der Waals surface area (Å²) in [5, 5.41) is 13.5. The van der Waals surface area contributed by atoms with Gasteiger partial charge in [0.2, 0.25) is 0 Å². The van der Waals surface area contributed by atoms with E-state index >= 15 is 0 Å². The molecule has 2 aliphatic rings. The third-order valence-corrected chi connectivity index (χ3v) is 4.90. The molecule has 0 aliphatic carbocycles. The van der Waals surface area contributed by atoms with Crippen LogP contribution in [0.4, 0.5) is 0 Å². The lowest BCUT2D eigenvalue weighted by molar-refractivity contribution is 0.0941. The average Bonchev–Trinajstić information content (AvgIpc) is 2.94. The predicted molar refractivity (Wildman–Crippen MR) is 97.6 cm³/mol. The molecule has 24 heavy (non-hydrogen) atoms. The van der Waals surface area contributed by atoms with Gasteiger partial charge in [0.25, 0.3) is 5.91 Å². The molecule has 1 amide bonds. The van der Waals surface area contributed by atoms with Gasteiger partial charge in [0.15, 0.2) is 5.69 Å². The zero-order valence-electron chi connectivity index (χ0n) is 14.7. The Morgan fingerprint density at radius 1 is 1.33 bits per heavy atom. The van der Waals surface area contributed by atoms with Crippen LogP contribution in [0.1, 0.15) is 48.4 Å². The lowest BCUT2D eigenvalue weighted by atomic mass is 9.92. The number of amides is 1. The maximum absolute atomic E-state index is 12.3. The van der Waals surface area contributed by atoms with Crippen molar-refractivity contribution >= 4 is 18.3 Å². The van der Waals surface area contributed by atoms with E-state index in [0.29, 0.717) is 12.2 Å². The number of piperidine rings is 1. The smallest absolute Gasteiger partial charge is 0.272 e. The van der Waals surface area contributed by atoms with Crippen molar-refractivity contribution in [2.24, 2.45) is 11.8 Å². The minimum absolute atomic E-state index is 0. The third-order valence-electron chi connectivity index (χ3n) is 4.90. The van der Waals surface area contributed by atoms with Gasteiger partial charge in [-0.15, -0.1) is 12.4 Å². The second kappa shape index (κ2) is 8.83. The molecule has 3 heterocycles. The molecule has 0 spiro atoms. The molecule has 0 radical (unpaired) electrons. The molecule has 2 aliphatic heterocycles. The molecule has 3 rings (SSSR count). The summed E-state index contributed by atoms with van der Waals surface area (Å²) in [5.41, 5.74) is 2.70. The normalized spacial score (nSPS) is 24.1. The van der Waals surface area contributed by atoms with E-state index in [1.54, 1.807) is 0 Å². The Hall–Kier alpha value is -1.11. The molecule has 1 aromatic rings. The van der Waals surface area contributed by atoms with Crippen molar-refractivity contribution in [2.75, 3.05) is 32.7 Å². The minimum atomic E-state index is -0.0495. The van der Waals surface area contributed by atoms with E-state index in [9.17, 15) is 4.79 Å². The van der Waals surface area contributed by atoms with Crippen LogP contribution >= 0.6 is 12.4 Å². The van der Waals surface area contributed by atoms with Crippen LogP contribution in [-0.4, -0.2) is 53.7 Å². The number of halogens is 1. The number of rotatable bonds is 5. The molecule has 3 N–H and O–H groups in total. The average molecular weight is 356 g/mol. The van der Waals surface area contributed by atoms with Crippen LogP contribution in [-0.2, 0) is 13.0 Å². The molecule has 1 fully saturated rings. The summed E-state index contributed by atoms with van der Waals surface area (Å²) < 4.78 is 0. The SMILES string of the molecule is CC1CC(C)CN(CCCNC(=O)c2n[nH]c3c2CNCC3)C1.Cl. The van der Waals surface area contributed by atoms with Crippen LogP contribution in [0.25, 0.3) is 0 Å². The Labute approximate surface area is 150 Å². The first-order chi connectivity index (χ1) is 11.1. The maximum Gasteiger partial charge on any atom is 0.272 e. The van der Waals surface area contributed by atoms with Gasteiger partial charge in [-0.2, -0.15) is 5.10 Å². The minimum Gasteiger partial charge on any atom is -0.351 e. The highest BCUT2D eigenvalue weighted by Gasteiger charge is 2.22. The van der Waals surface area contributed by atoms with Gasteiger partial charge in [-0.1, -0.05) is 13.8 Å². The summed E-state index contributed by atoms with van der Waals surface area (Å²) in [5.74, 6) is 1.53. The number of carbonyl (C=O) groups excluding carboxylic acids is 1. The van der Waals surface area contributed by atoms with Crippen LogP contribution in [0.5, 0.6) is 0 Å². The van der Waals surface area contributed by atoms with Crippen molar-refractivity contribution < 1.29 is 4.79 Å². The van der Waals surface area contributed by atoms with Crippen molar-refractivity contribution in [3.63, 3.8) is 0 Å².